The minimum absolute atomic E-state index is 0.0811. The molecule has 1 aliphatic rings. The van der Waals surface area contributed by atoms with E-state index in [1.807, 2.05) is 19.9 Å². The summed E-state index contributed by atoms with van der Waals surface area (Å²) >= 11 is 0. The lowest BCUT2D eigenvalue weighted by Gasteiger charge is -2.33. The molecule has 2 heterocycles. The van der Waals surface area contributed by atoms with Crippen molar-refractivity contribution in [1.29, 1.82) is 0 Å². The Morgan fingerprint density at radius 3 is 2.35 bits per heavy atom. The Morgan fingerprint density at radius 1 is 1.12 bits per heavy atom. The number of aromatic nitrogens is 2. The highest BCUT2D eigenvalue weighted by Gasteiger charge is 2.25. The van der Waals surface area contributed by atoms with Gasteiger partial charge in [-0.1, -0.05) is 0 Å². The molecule has 0 bridgehead atoms. The van der Waals surface area contributed by atoms with Gasteiger partial charge in [0.2, 0.25) is 10.0 Å². The molecule has 1 saturated heterocycles. The van der Waals surface area contributed by atoms with E-state index in [-0.39, 0.29) is 10.9 Å². The summed E-state index contributed by atoms with van der Waals surface area (Å²) in [6.07, 6.45) is 1.47. The second-order valence-corrected chi connectivity index (χ2v) is 8.19. The molecule has 1 aromatic carbocycles. The zero-order valence-corrected chi connectivity index (χ0v) is 16.1. The predicted octanol–water partition coefficient (Wildman–Crippen LogP) is 2.05. The van der Waals surface area contributed by atoms with Gasteiger partial charge in [0.1, 0.15) is 17.4 Å². The lowest BCUT2D eigenvalue weighted by Crippen LogP contribution is -2.44. The smallest absolute Gasteiger partial charge is 0.240 e. The first-order valence-corrected chi connectivity index (χ1v) is 10.1. The van der Waals surface area contributed by atoms with Crippen LogP contribution in [0.5, 0.6) is 5.75 Å². The summed E-state index contributed by atoms with van der Waals surface area (Å²) in [5, 5.41) is 0. The Balaban J connectivity index is 1.62. The summed E-state index contributed by atoms with van der Waals surface area (Å²) in [5.41, 5.74) is 0.940. The number of ether oxygens (including phenoxy) is 1. The summed E-state index contributed by atoms with van der Waals surface area (Å²) in [6, 6.07) is 8.30. The summed E-state index contributed by atoms with van der Waals surface area (Å²) in [5.74, 6) is 2.29. The third-order valence-corrected chi connectivity index (χ3v) is 6.00. The fourth-order valence-electron chi connectivity index (χ4n) is 3.13. The number of nitrogens with zero attached hydrogens (tertiary/aromatic N) is 3. The van der Waals surface area contributed by atoms with Crippen LogP contribution in [0.25, 0.3) is 0 Å². The van der Waals surface area contributed by atoms with Crippen LogP contribution < -0.4 is 14.4 Å². The number of anilines is 1. The van der Waals surface area contributed by atoms with Crippen LogP contribution >= 0.6 is 0 Å². The number of hydrogen-bond donors (Lipinski definition) is 1. The number of piperidine rings is 1. The van der Waals surface area contributed by atoms with Crippen molar-refractivity contribution in [2.45, 2.75) is 37.6 Å². The van der Waals surface area contributed by atoms with Gasteiger partial charge in [-0.05, 0) is 51.0 Å². The number of aryl methyl sites for hydroxylation is 2. The molecule has 140 valence electrons. The van der Waals surface area contributed by atoms with Crippen molar-refractivity contribution >= 4 is 15.8 Å². The Labute approximate surface area is 154 Å². The van der Waals surface area contributed by atoms with Crippen molar-refractivity contribution in [3.63, 3.8) is 0 Å². The monoisotopic (exact) mass is 376 g/mol. The van der Waals surface area contributed by atoms with Crippen LogP contribution in [0.15, 0.2) is 35.2 Å². The predicted molar refractivity (Wildman–Crippen MR) is 100 cm³/mol. The molecule has 7 nitrogen and oxygen atoms in total. The minimum Gasteiger partial charge on any atom is -0.497 e. The van der Waals surface area contributed by atoms with E-state index in [9.17, 15) is 8.42 Å². The molecule has 0 atom stereocenters. The highest BCUT2D eigenvalue weighted by molar-refractivity contribution is 7.89. The average molecular weight is 376 g/mol. The molecule has 0 radical (unpaired) electrons. The summed E-state index contributed by atoms with van der Waals surface area (Å²) < 4.78 is 33.0. The summed E-state index contributed by atoms with van der Waals surface area (Å²) in [7, 11) is -1.98. The average Bonchev–Trinajstić information content (AvgIpc) is 2.61. The van der Waals surface area contributed by atoms with Gasteiger partial charge in [0, 0.05) is 30.9 Å². The molecule has 0 spiro atoms. The highest BCUT2D eigenvalue weighted by atomic mass is 32.2. The fourth-order valence-corrected chi connectivity index (χ4v) is 4.43. The molecule has 8 heteroatoms. The Hall–Kier alpha value is -2.19. The van der Waals surface area contributed by atoms with Crippen LogP contribution in [0, 0.1) is 13.8 Å². The van der Waals surface area contributed by atoms with Crippen molar-refractivity contribution in [2.24, 2.45) is 0 Å². The van der Waals surface area contributed by atoms with Gasteiger partial charge in [-0.3, -0.25) is 0 Å². The van der Waals surface area contributed by atoms with Gasteiger partial charge in [-0.15, -0.1) is 0 Å². The molecule has 0 amide bonds. The van der Waals surface area contributed by atoms with Crippen molar-refractivity contribution in [3.8, 4) is 5.75 Å². The van der Waals surface area contributed by atoms with Crippen LogP contribution in [0.3, 0.4) is 0 Å². The lowest BCUT2D eigenvalue weighted by atomic mass is 10.1. The molecule has 3 rings (SSSR count). The number of sulfonamides is 1. The van der Waals surface area contributed by atoms with Gasteiger partial charge in [-0.2, -0.15) is 0 Å². The summed E-state index contributed by atoms with van der Waals surface area (Å²) in [4.78, 5) is 11.2. The topological polar surface area (TPSA) is 84.4 Å². The normalized spacial score (nSPS) is 15.9. The van der Waals surface area contributed by atoms with Crippen LogP contribution in [0.1, 0.15) is 24.4 Å². The first kappa shape index (κ1) is 18.6. The van der Waals surface area contributed by atoms with Gasteiger partial charge in [-0.25, -0.2) is 23.1 Å². The van der Waals surface area contributed by atoms with Crippen LogP contribution in [0.4, 0.5) is 5.82 Å². The SMILES string of the molecule is COc1ccc(S(=O)(=O)NC2CCN(c3cc(C)nc(C)n3)CC2)cc1. The molecule has 2 aromatic rings. The standard InChI is InChI=1S/C18H24N4O3S/c1-13-12-18(20-14(2)19-13)22-10-8-15(9-11-22)21-26(23,24)17-6-4-16(25-3)5-7-17/h4-7,12,15,21H,8-11H2,1-3H3. The van der Waals surface area contributed by atoms with Gasteiger partial charge in [0.05, 0.1) is 12.0 Å². The maximum Gasteiger partial charge on any atom is 0.240 e. The second-order valence-electron chi connectivity index (χ2n) is 6.47. The number of methoxy groups -OCH3 is 1. The molecular formula is C18H24N4O3S. The number of hydrogen-bond acceptors (Lipinski definition) is 6. The lowest BCUT2D eigenvalue weighted by molar-refractivity contribution is 0.414. The van der Waals surface area contributed by atoms with Crippen molar-refractivity contribution < 1.29 is 13.2 Å². The summed E-state index contributed by atoms with van der Waals surface area (Å²) in [6.45, 7) is 5.34. The third kappa shape index (κ3) is 4.31. The Kier molecular flexibility index (Phi) is 5.43. The van der Waals surface area contributed by atoms with Crippen molar-refractivity contribution in [3.05, 3.63) is 41.9 Å². The van der Waals surface area contributed by atoms with Crippen LogP contribution in [-0.2, 0) is 10.0 Å². The van der Waals surface area contributed by atoms with Gasteiger partial charge >= 0.3 is 0 Å². The fraction of sp³-hybridized carbons (Fsp3) is 0.444. The molecule has 26 heavy (non-hydrogen) atoms. The largest absolute Gasteiger partial charge is 0.497 e. The maximum atomic E-state index is 12.6. The van der Waals surface area contributed by atoms with E-state index < -0.39 is 10.0 Å². The van der Waals surface area contributed by atoms with Crippen molar-refractivity contribution in [2.75, 3.05) is 25.1 Å². The Bertz CT molecular complexity index is 840. The molecule has 1 N–H and O–H groups in total. The zero-order chi connectivity index (χ0) is 18.7. The van der Waals surface area contributed by atoms with E-state index in [1.165, 1.54) is 0 Å². The van der Waals surface area contributed by atoms with Crippen LogP contribution in [0.2, 0.25) is 0 Å². The molecule has 1 fully saturated rings. The first-order chi connectivity index (χ1) is 12.4. The van der Waals surface area contributed by atoms with Gasteiger partial charge in [0.25, 0.3) is 0 Å². The molecule has 0 unspecified atom stereocenters. The first-order valence-electron chi connectivity index (χ1n) is 8.61. The number of rotatable bonds is 5. The maximum absolute atomic E-state index is 12.6. The van der Waals surface area contributed by atoms with Gasteiger partial charge < -0.3 is 9.64 Å². The molecule has 0 aliphatic carbocycles. The van der Waals surface area contributed by atoms with E-state index >= 15 is 0 Å². The van der Waals surface area contributed by atoms with E-state index in [0.29, 0.717) is 5.75 Å². The quantitative estimate of drug-likeness (QED) is 0.860. The van der Waals surface area contributed by atoms with Crippen molar-refractivity contribution in [1.82, 2.24) is 14.7 Å². The second kappa shape index (κ2) is 7.59. The van der Waals surface area contributed by atoms with E-state index in [2.05, 4.69) is 19.6 Å². The van der Waals surface area contributed by atoms with E-state index in [1.54, 1.807) is 31.4 Å². The third-order valence-electron chi connectivity index (χ3n) is 4.46. The van der Waals surface area contributed by atoms with E-state index in [4.69, 9.17) is 4.74 Å². The van der Waals surface area contributed by atoms with Crippen LogP contribution in [-0.4, -0.2) is 44.6 Å². The minimum atomic E-state index is -3.53. The molecule has 0 saturated carbocycles. The molecule has 1 aromatic heterocycles. The van der Waals surface area contributed by atoms with Gasteiger partial charge in [0.15, 0.2) is 0 Å². The Morgan fingerprint density at radius 2 is 1.77 bits per heavy atom. The zero-order valence-electron chi connectivity index (χ0n) is 15.3. The number of nitrogens with one attached hydrogen (secondary N) is 1. The highest BCUT2D eigenvalue weighted by Crippen LogP contribution is 2.21. The number of benzene rings is 1. The van der Waals surface area contributed by atoms with E-state index in [0.717, 1.165) is 43.3 Å². The molecule has 1 aliphatic heterocycles. The molecular weight excluding hydrogens is 352 g/mol.